The van der Waals surface area contributed by atoms with Crippen LogP contribution in [0.5, 0.6) is 11.5 Å². The number of benzene rings is 2. The highest BCUT2D eigenvalue weighted by Crippen LogP contribution is 2.24. The molecule has 46 heavy (non-hydrogen) atoms. The first kappa shape index (κ1) is 35.1. The highest BCUT2D eigenvalue weighted by Gasteiger charge is 2.16. The summed E-state index contributed by atoms with van der Waals surface area (Å²) in [5, 5.41) is 56.7. The van der Waals surface area contributed by atoms with Crippen molar-refractivity contribution in [1.29, 1.82) is 0 Å². The van der Waals surface area contributed by atoms with Crippen molar-refractivity contribution in [1.82, 2.24) is 24.7 Å². The predicted octanol–water partition coefficient (Wildman–Crippen LogP) is 1.76. The minimum atomic E-state index is -1.11. The van der Waals surface area contributed by atoms with Gasteiger partial charge in [-0.05, 0) is 31.3 Å². The van der Waals surface area contributed by atoms with Crippen LogP contribution in [0, 0.1) is 0 Å². The number of aromatic hydroxyl groups is 2. The van der Waals surface area contributed by atoms with Gasteiger partial charge in [0, 0.05) is 37.0 Å². The Kier molecular flexibility index (Phi) is 12.7. The van der Waals surface area contributed by atoms with E-state index in [1.165, 1.54) is 11.0 Å². The van der Waals surface area contributed by atoms with Crippen LogP contribution < -0.4 is 0 Å². The average Bonchev–Trinajstić information content (AvgIpc) is 2.96. The number of hydrogen-bond donors (Lipinski definition) is 6. The van der Waals surface area contributed by atoms with Crippen LogP contribution in [0.4, 0.5) is 0 Å². The van der Waals surface area contributed by atoms with Crippen molar-refractivity contribution in [2.75, 3.05) is 46.3 Å². The number of likely N-dealkylation sites (N-methyl/N-ethyl adjacent to an activating group) is 1. The molecule has 6 N–H and O–H groups in total. The summed E-state index contributed by atoms with van der Waals surface area (Å²) in [6, 6.07) is 17.1. The lowest BCUT2D eigenvalue weighted by Gasteiger charge is -2.23. The van der Waals surface area contributed by atoms with E-state index in [0.717, 1.165) is 10.8 Å². The number of nitrogens with zero attached hydrogens (tertiary/aromatic N) is 5. The molecule has 0 atom stereocenters. The highest BCUT2D eigenvalue weighted by atomic mass is 16.4. The average molecular weight is 638 g/mol. The van der Waals surface area contributed by atoms with E-state index in [4.69, 9.17) is 20.4 Å². The molecule has 0 aliphatic heterocycles. The van der Waals surface area contributed by atoms with E-state index >= 15 is 0 Å². The van der Waals surface area contributed by atoms with Crippen molar-refractivity contribution in [2.24, 2.45) is 0 Å². The van der Waals surface area contributed by atoms with Gasteiger partial charge in [-0.2, -0.15) is 0 Å². The number of rotatable bonds is 15. The van der Waals surface area contributed by atoms with Crippen LogP contribution in [-0.2, 0) is 32.3 Å². The number of para-hydroxylation sites is 2. The molecular weight excluding hydrogens is 602 g/mol. The smallest absolute Gasteiger partial charge is 0.317 e. The molecule has 0 radical (unpaired) electrons. The number of aromatic nitrogens is 2. The molecule has 0 spiro atoms. The summed E-state index contributed by atoms with van der Waals surface area (Å²) in [7, 11) is 1.67. The lowest BCUT2D eigenvalue weighted by molar-refractivity contribution is -0.142. The SMILES string of the molecule is CN(CCN(CC(=O)O)Cc1ccc2cccc(O)c2n1)CC(=O)O.O=C(O)CN(CC(=O)O)Cc1ccc2cccc(O)c2n1. The lowest BCUT2D eigenvalue weighted by atomic mass is 10.2. The van der Waals surface area contributed by atoms with Gasteiger partial charge in [-0.25, -0.2) is 9.97 Å². The zero-order chi connectivity index (χ0) is 33.8. The molecule has 0 aliphatic carbocycles. The highest BCUT2D eigenvalue weighted by molar-refractivity contribution is 5.85. The maximum Gasteiger partial charge on any atom is 0.317 e. The topological polar surface area (TPSA) is 225 Å². The molecule has 15 heteroatoms. The summed E-state index contributed by atoms with van der Waals surface area (Å²) >= 11 is 0. The predicted molar refractivity (Wildman–Crippen MR) is 165 cm³/mol. The molecule has 4 rings (SSSR count). The van der Waals surface area contributed by atoms with Crippen LogP contribution in [0.1, 0.15) is 11.4 Å². The Hall–Kier alpha value is -5.38. The Morgan fingerprint density at radius 1 is 0.565 bits per heavy atom. The molecular formula is C31H35N5O10. The van der Waals surface area contributed by atoms with Gasteiger partial charge in [0.2, 0.25) is 0 Å². The van der Waals surface area contributed by atoms with Gasteiger partial charge in [-0.1, -0.05) is 36.4 Å². The summed E-state index contributed by atoms with van der Waals surface area (Å²) < 4.78 is 0. The van der Waals surface area contributed by atoms with E-state index in [1.54, 1.807) is 59.3 Å². The van der Waals surface area contributed by atoms with Gasteiger partial charge in [0.25, 0.3) is 0 Å². The number of carboxylic acid groups (broad SMARTS) is 4. The molecule has 2 aromatic carbocycles. The van der Waals surface area contributed by atoms with Gasteiger partial charge in [0.05, 0.1) is 37.6 Å². The summed E-state index contributed by atoms with van der Waals surface area (Å²) in [6.45, 7) is 0.0827. The lowest BCUT2D eigenvalue weighted by Crippen LogP contribution is -2.37. The molecule has 2 aromatic heterocycles. The third-order valence-electron chi connectivity index (χ3n) is 6.56. The number of hydrogen-bond acceptors (Lipinski definition) is 11. The molecule has 0 fully saturated rings. The maximum atomic E-state index is 11.1. The van der Waals surface area contributed by atoms with Crippen molar-refractivity contribution in [3.05, 3.63) is 72.1 Å². The van der Waals surface area contributed by atoms with Crippen LogP contribution in [0.3, 0.4) is 0 Å². The Morgan fingerprint density at radius 3 is 1.41 bits per heavy atom. The Balaban J connectivity index is 0.000000254. The minimum absolute atomic E-state index is 0.0253. The first-order valence-electron chi connectivity index (χ1n) is 14.0. The summed E-state index contributed by atoms with van der Waals surface area (Å²) in [4.78, 5) is 56.5. The van der Waals surface area contributed by atoms with Gasteiger partial charge in [-0.15, -0.1) is 0 Å². The zero-order valence-electron chi connectivity index (χ0n) is 25.0. The Morgan fingerprint density at radius 2 is 0.978 bits per heavy atom. The fraction of sp³-hybridized carbons (Fsp3) is 0.290. The Labute approximate surface area is 263 Å². The maximum absolute atomic E-state index is 11.1. The van der Waals surface area contributed by atoms with Gasteiger partial charge >= 0.3 is 23.9 Å². The number of carbonyl (C=O) groups is 4. The summed E-state index contributed by atoms with van der Waals surface area (Å²) in [5.41, 5.74) is 2.00. The number of fused-ring (bicyclic) bond motifs is 2. The quantitative estimate of drug-likeness (QED) is 0.109. The van der Waals surface area contributed by atoms with Crippen LogP contribution in [-0.4, -0.2) is 126 Å². The van der Waals surface area contributed by atoms with E-state index < -0.39 is 37.0 Å². The molecule has 4 aromatic rings. The van der Waals surface area contributed by atoms with Crippen LogP contribution in [0.2, 0.25) is 0 Å². The van der Waals surface area contributed by atoms with Crippen LogP contribution in [0.25, 0.3) is 21.8 Å². The second kappa shape index (κ2) is 16.6. The van der Waals surface area contributed by atoms with Crippen molar-refractivity contribution in [3.63, 3.8) is 0 Å². The second-order valence-corrected chi connectivity index (χ2v) is 10.5. The van der Waals surface area contributed by atoms with Gasteiger partial charge < -0.3 is 30.6 Å². The first-order valence-corrected chi connectivity index (χ1v) is 14.0. The van der Waals surface area contributed by atoms with Crippen molar-refractivity contribution >= 4 is 45.7 Å². The van der Waals surface area contributed by atoms with Gasteiger partial charge in [-0.3, -0.25) is 33.9 Å². The molecule has 0 saturated heterocycles. The third-order valence-corrected chi connectivity index (χ3v) is 6.56. The van der Waals surface area contributed by atoms with Crippen LogP contribution >= 0.6 is 0 Å². The molecule has 0 amide bonds. The number of phenolic OH excluding ortho intramolecular Hbond substituents is 2. The fourth-order valence-electron chi connectivity index (χ4n) is 4.56. The second-order valence-electron chi connectivity index (χ2n) is 10.5. The Bertz CT molecular complexity index is 1680. The van der Waals surface area contributed by atoms with Crippen LogP contribution in [0.15, 0.2) is 60.7 Å². The summed E-state index contributed by atoms with van der Waals surface area (Å²) in [5.74, 6) is -4.02. The normalized spacial score (nSPS) is 11.1. The van der Waals surface area contributed by atoms with E-state index in [-0.39, 0.29) is 37.7 Å². The standard InChI is InChI=1S/C17H21N3O5.C14H14N2O5/c1-19(10-15(22)23)7-8-20(11-16(24)25)9-13-6-5-12-3-2-4-14(21)17(12)18-13;17-11-3-1-2-9-4-5-10(15-14(9)11)6-16(7-12(18)19)8-13(20)21/h2-6,21H,7-11H2,1H3,(H,22,23)(H,24,25);1-5,17H,6-8H2,(H,18,19)(H,20,21). The first-order chi connectivity index (χ1) is 21.8. The fourth-order valence-corrected chi connectivity index (χ4v) is 4.56. The molecule has 244 valence electrons. The molecule has 15 nitrogen and oxygen atoms in total. The van der Waals surface area contributed by atoms with E-state index in [9.17, 15) is 29.4 Å². The largest absolute Gasteiger partial charge is 0.506 e. The third kappa shape index (κ3) is 11.3. The van der Waals surface area contributed by atoms with E-state index in [0.29, 0.717) is 35.5 Å². The van der Waals surface area contributed by atoms with Crippen molar-refractivity contribution in [3.8, 4) is 11.5 Å². The number of carboxylic acids is 4. The monoisotopic (exact) mass is 637 g/mol. The molecule has 0 unspecified atom stereocenters. The van der Waals surface area contributed by atoms with Gasteiger partial charge in [0.1, 0.15) is 22.5 Å². The summed E-state index contributed by atoms with van der Waals surface area (Å²) in [6.07, 6.45) is 0. The molecule has 2 heterocycles. The van der Waals surface area contributed by atoms with Crippen molar-refractivity contribution in [2.45, 2.75) is 13.1 Å². The zero-order valence-corrected chi connectivity index (χ0v) is 25.0. The number of pyridine rings is 2. The molecule has 0 bridgehead atoms. The van der Waals surface area contributed by atoms with Crippen molar-refractivity contribution < 1.29 is 49.8 Å². The molecule has 0 aliphatic rings. The number of aliphatic carboxylic acids is 4. The number of phenols is 2. The minimum Gasteiger partial charge on any atom is -0.506 e. The molecule has 0 saturated carbocycles. The van der Waals surface area contributed by atoms with Gasteiger partial charge in [0.15, 0.2) is 0 Å². The van der Waals surface area contributed by atoms with E-state index in [1.807, 2.05) is 12.1 Å². The van der Waals surface area contributed by atoms with E-state index in [2.05, 4.69) is 9.97 Å².